The minimum Gasteiger partial charge on any atom is -0.448 e. The average molecular weight is 238 g/mol. The molecule has 0 saturated carbocycles. The fraction of sp³-hybridized carbons (Fsp3) is 0.222. The van der Waals surface area contributed by atoms with Crippen LogP contribution in [0.25, 0.3) is 0 Å². The Hall–Kier alpha value is -2.51. The van der Waals surface area contributed by atoms with Gasteiger partial charge in [0.05, 0.1) is 6.20 Å². The highest BCUT2D eigenvalue weighted by Gasteiger charge is 2.20. The van der Waals surface area contributed by atoms with Crippen LogP contribution in [0.5, 0.6) is 0 Å². The summed E-state index contributed by atoms with van der Waals surface area (Å²) in [5, 5.41) is 1.79. The highest BCUT2D eigenvalue weighted by atomic mass is 16.5. The SMILES string of the molecule is CC(OC(=O)c1cnccn1)C(=O)NC(N)=O. The van der Waals surface area contributed by atoms with Gasteiger partial charge in [-0.25, -0.2) is 14.6 Å². The number of carbonyl (C=O) groups excluding carboxylic acids is 3. The summed E-state index contributed by atoms with van der Waals surface area (Å²) in [6, 6.07) is -1.02. The lowest BCUT2D eigenvalue weighted by atomic mass is 10.3. The molecule has 0 spiro atoms. The molecular formula is C9H10N4O4. The van der Waals surface area contributed by atoms with Crippen molar-refractivity contribution in [2.75, 3.05) is 0 Å². The smallest absolute Gasteiger partial charge is 0.359 e. The van der Waals surface area contributed by atoms with Crippen molar-refractivity contribution in [1.29, 1.82) is 0 Å². The van der Waals surface area contributed by atoms with Gasteiger partial charge >= 0.3 is 12.0 Å². The van der Waals surface area contributed by atoms with Crippen molar-refractivity contribution in [3.05, 3.63) is 24.3 Å². The Morgan fingerprint density at radius 3 is 2.65 bits per heavy atom. The third kappa shape index (κ3) is 3.86. The first-order chi connectivity index (χ1) is 8.00. The first-order valence-electron chi connectivity index (χ1n) is 4.58. The van der Waals surface area contributed by atoms with Crippen molar-refractivity contribution < 1.29 is 19.1 Å². The van der Waals surface area contributed by atoms with Gasteiger partial charge in [0.15, 0.2) is 11.8 Å². The molecule has 1 rings (SSSR count). The van der Waals surface area contributed by atoms with E-state index in [-0.39, 0.29) is 5.69 Å². The molecule has 0 bridgehead atoms. The number of urea groups is 1. The van der Waals surface area contributed by atoms with E-state index in [0.717, 1.165) is 0 Å². The van der Waals surface area contributed by atoms with Gasteiger partial charge in [0.2, 0.25) is 0 Å². The Labute approximate surface area is 96.2 Å². The number of nitrogens with two attached hydrogens (primary N) is 1. The fourth-order valence-electron chi connectivity index (χ4n) is 0.902. The Morgan fingerprint density at radius 2 is 2.12 bits per heavy atom. The first-order valence-corrected chi connectivity index (χ1v) is 4.58. The van der Waals surface area contributed by atoms with Crippen LogP contribution < -0.4 is 11.1 Å². The van der Waals surface area contributed by atoms with Gasteiger partial charge in [-0.1, -0.05) is 0 Å². The lowest BCUT2D eigenvalue weighted by molar-refractivity contribution is -0.127. The van der Waals surface area contributed by atoms with Gasteiger partial charge in [-0.05, 0) is 6.92 Å². The summed E-state index contributed by atoms with van der Waals surface area (Å²) in [5.74, 6) is -1.63. The molecule has 1 aromatic heterocycles. The summed E-state index contributed by atoms with van der Waals surface area (Å²) in [6.45, 7) is 1.30. The molecule has 1 heterocycles. The van der Waals surface area contributed by atoms with Gasteiger partial charge in [-0.15, -0.1) is 0 Å². The summed E-state index contributed by atoms with van der Waals surface area (Å²) in [7, 11) is 0. The Kier molecular flexibility index (Phi) is 4.09. The van der Waals surface area contributed by atoms with Gasteiger partial charge in [-0.2, -0.15) is 0 Å². The van der Waals surface area contributed by atoms with E-state index < -0.39 is 24.0 Å². The molecule has 0 saturated heterocycles. The van der Waals surface area contributed by atoms with Crippen LogP contribution in [0.15, 0.2) is 18.6 Å². The number of nitrogens with zero attached hydrogens (tertiary/aromatic N) is 2. The molecule has 1 aromatic rings. The Morgan fingerprint density at radius 1 is 1.41 bits per heavy atom. The van der Waals surface area contributed by atoms with Gasteiger partial charge in [0.1, 0.15) is 0 Å². The van der Waals surface area contributed by atoms with Crippen molar-refractivity contribution in [1.82, 2.24) is 15.3 Å². The zero-order valence-electron chi connectivity index (χ0n) is 8.91. The Bertz CT molecular complexity index is 434. The molecule has 3 amide bonds. The molecule has 0 aliphatic heterocycles. The number of hydrogen-bond donors (Lipinski definition) is 2. The molecule has 0 aliphatic carbocycles. The summed E-state index contributed by atoms with van der Waals surface area (Å²) >= 11 is 0. The maximum absolute atomic E-state index is 11.4. The summed E-state index contributed by atoms with van der Waals surface area (Å²) in [4.78, 5) is 40.4. The molecule has 0 fully saturated rings. The minimum absolute atomic E-state index is 0.0359. The zero-order chi connectivity index (χ0) is 12.8. The normalized spacial score (nSPS) is 11.4. The van der Waals surface area contributed by atoms with Crippen LogP contribution >= 0.6 is 0 Å². The maximum atomic E-state index is 11.4. The molecule has 0 radical (unpaired) electrons. The van der Waals surface area contributed by atoms with E-state index in [2.05, 4.69) is 9.97 Å². The lowest BCUT2D eigenvalue weighted by Gasteiger charge is -2.11. The van der Waals surface area contributed by atoms with E-state index in [1.54, 1.807) is 5.32 Å². The van der Waals surface area contributed by atoms with Crippen molar-refractivity contribution in [3.63, 3.8) is 0 Å². The first kappa shape index (κ1) is 12.6. The fourth-order valence-corrected chi connectivity index (χ4v) is 0.902. The lowest BCUT2D eigenvalue weighted by Crippen LogP contribution is -2.42. The number of ether oxygens (including phenoxy) is 1. The highest BCUT2D eigenvalue weighted by Crippen LogP contribution is 1.99. The van der Waals surface area contributed by atoms with E-state index in [9.17, 15) is 14.4 Å². The Balaban J connectivity index is 2.57. The average Bonchev–Trinajstić information content (AvgIpc) is 2.29. The molecule has 8 heteroatoms. The van der Waals surface area contributed by atoms with Gasteiger partial charge in [-0.3, -0.25) is 15.1 Å². The molecule has 1 atom stereocenters. The van der Waals surface area contributed by atoms with Crippen molar-refractivity contribution >= 4 is 17.9 Å². The number of imide groups is 1. The van der Waals surface area contributed by atoms with Gasteiger partial charge < -0.3 is 10.5 Å². The van der Waals surface area contributed by atoms with Crippen molar-refractivity contribution in [3.8, 4) is 0 Å². The van der Waals surface area contributed by atoms with E-state index in [1.807, 2.05) is 0 Å². The van der Waals surface area contributed by atoms with Gasteiger partial charge in [0.25, 0.3) is 5.91 Å². The maximum Gasteiger partial charge on any atom is 0.359 e. The van der Waals surface area contributed by atoms with Crippen molar-refractivity contribution in [2.45, 2.75) is 13.0 Å². The van der Waals surface area contributed by atoms with E-state index >= 15 is 0 Å². The third-order valence-electron chi connectivity index (χ3n) is 1.67. The quantitative estimate of drug-likeness (QED) is 0.665. The van der Waals surface area contributed by atoms with Crippen LogP contribution in [0.3, 0.4) is 0 Å². The van der Waals surface area contributed by atoms with Crippen LogP contribution in [-0.2, 0) is 9.53 Å². The van der Waals surface area contributed by atoms with Gasteiger partial charge in [0, 0.05) is 12.4 Å². The van der Waals surface area contributed by atoms with E-state index in [0.29, 0.717) is 0 Å². The predicted octanol–water partition coefficient (Wildman–Crippen LogP) is -0.783. The molecule has 0 aliphatic rings. The van der Waals surface area contributed by atoms with E-state index in [4.69, 9.17) is 10.5 Å². The monoisotopic (exact) mass is 238 g/mol. The number of carbonyl (C=O) groups is 3. The van der Waals surface area contributed by atoms with Crippen molar-refractivity contribution in [2.24, 2.45) is 5.73 Å². The number of primary amides is 1. The molecule has 0 aromatic carbocycles. The number of nitrogens with one attached hydrogen (secondary N) is 1. The van der Waals surface area contributed by atoms with E-state index in [1.165, 1.54) is 25.5 Å². The van der Waals surface area contributed by atoms with Crippen LogP contribution in [-0.4, -0.2) is 34.0 Å². The summed E-state index contributed by atoms with van der Waals surface area (Å²) in [5.41, 5.74) is 4.70. The summed E-state index contributed by atoms with van der Waals surface area (Å²) < 4.78 is 4.74. The highest BCUT2D eigenvalue weighted by molar-refractivity contribution is 5.97. The standard InChI is InChI=1S/C9H10N4O4/c1-5(7(14)13-9(10)16)17-8(15)6-4-11-2-3-12-6/h2-5H,1H3,(H3,10,13,14,16). The minimum atomic E-state index is -1.16. The number of rotatable bonds is 3. The van der Waals surface area contributed by atoms with Crippen LogP contribution in [0.2, 0.25) is 0 Å². The molecule has 17 heavy (non-hydrogen) atoms. The number of aromatic nitrogens is 2. The van der Waals surface area contributed by atoms with Crippen LogP contribution in [0.4, 0.5) is 4.79 Å². The number of esters is 1. The second kappa shape index (κ2) is 5.54. The molecule has 1 unspecified atom stereocenters. The second-order valence-corrected chi connectivity index (χ2v) is 2.99. The topological polar surface area (TPSA) is 124 Å². The molecular weight excluding hydrogens is 228 g/mol. The zero-order valence-corrected chi connectivity index (χ0v) is 8.91. The largest absolute Gasteiger partial charge is 0.448 e. The molecule has 3 N–H and O–H groups in total. The van der Waals surface area contributed by atoms with Crippen LogP contribution in [0, 0.1) is 0 Å². The number of hydrogen-bond acceptors (Lipinski definition) is 6. The molecule has 8 nitrogen and oxygen atoms in total. The molecule has 90 valence electrons. The number of amides is 3. The van der Waals surface area contributed by atoms with Crippen LogP contribution in [0.1, 0.15) is 17.4 Å². The second-order valence-electron chi connectivity index (χ2n) is 2.99. The summed E-state index contributed by atoms with van der Waals surface area (Å²) in [6.07, 6.45) is 2.74. The predicted molar refractivity (Wildman–Crippen MR) is 54.6 cm³/mol. The third-order valence-corrected chi connectivity index (χ3v) is 1.67.